The van der Waals surface area contributed by atoms with Crippen LogP contribution in [0.25, 0.3) is 0 Å². The fraction of sp³-hybridized carbons (Fsp3) is 0.917. The van der Waals surface area contributed by atoms with Crippen LogP contribution in [0, 0.1) is 23.2 Å². The van der Waals surface area contributed by atoms with Gasteiger partial charge in [0.1, 0.15) is 0 Å². The molecule has 0 amide bonds. The maximum absolute atomic E-state index is 11.7. The highest BCUT2D eigenvalue weighted by Crippen LogP contribution is 2.61. The lowest BCUT2D eigenvalue weighted by Gasteiger charge is -2.38. The Hall–Kier alpha value is -0.580. The van der Waals surface area contributed by atoms with Crippen LogP contribution in [-0.2, 0) is 14.6 Å². The lowest BCUT2D eigenvalue weighted by atomic mass is 9.64. The van der Waals surface area contributed by atoms with Gasteiger partial charge in [-0.15, -0.1) is 0 Å². The molecule has 0 radical (unpaired) electrons. The van der Waals surface area contributed by atoms with E-state index < -0.39 is 21.2 Å². The summed E-state index contributed by atoms with van der Waals surface area (Å²) < 4.78 is 23.2. The molecule has 4 atom stereocenters. The van der Waals surface area contributed by atoms with E-state index in [0.29, 0.717) is 18.8 Å². The third-order valence-electron chi connectivity index (χ3n) is 5.26. The Balaban J connectivity index is 1.94. The Morgan fingerprint density at radius 2 is 1.94 bits per heavy atom. The van der Waals surface area contributed by atoms with Crippen LogP contribution in [0.15, 0.2) is 0 Å². The van der Waals surface area contributed by atoms with Crippen molar-refractivity contribution in [2.75, 3.05) is 11.5 Å². The summed E-state index contributed by atoms with van der Waals surface area (Å²) in [6, 6.07) is 0. The van der Waals surface area contributed by atoms with Gasteiger partial charge in [0, 0.05) is 0 Å². The first-order valence-electron chi connectivity index (χ1n) is 6.38. The van der Waals surface area contributed by atoms with E-state index in [1.165, 1.54) is 0 Å². The van der Waals surface area contributed by atoms with Crippen LogP contribution in [0.5, 0.6) is 0 Å². The largest absolute Gasteiger partial charge is 0.481 e. The molecular weight excluding hydrogens is 240 g/mol. The molecule has 5 heteroatoms. The van der Waals surface area contributed by atoms with Crippen LogP contribution in [0.2, 0.25) is 0 Å². The molecule has 2 bridgehead atoms. The monoisotopic (exact) mass is 258 g/mol. The van der Waals surface area contributed by atoms with Crippen LogP contribution >= 0.6 is 0 Å². The van der Waals surface area contributed by atoms with Gasteiger partial charge >= 0.3 is 5.97 Å². The van der Waals surface area contributed by atoms with E-state index in [1.54, 1.807) is 0 Å². The fourth-order valence-corrected chi connectivity index (χ4v) is 6.40. The lowest BCUT2D eigenvalue weighted by Crippen LogP contribution is -2.43. The van der Waals surface area contributed by atoms with Crippen molar-refractivity contribution in [1.29, 1.82) is 0 Å². The molecule has 0 aromatic heterocycles. The predicted molar refractivity (Wildman–Crippen MR) is 62.3 cm³/mol. The van der Waals surface area contributed by atoms with Gasteiger partial charge in [0.2, 0.25) is 0 Å². The number of rotatable bonds is 2. The second kappa shape index (κ2) is 3.46. The van der Waals surface area contributed by atoms with Gasteiger partial charge in [0.05, 0.1) is 16.9 Å². The molecular formula is C12H18O4S. The van der Waals surface area contributed by atoms with Gasteiger partial charge in [0.15, 0.2) is 9.84 Å². The number of fused-ring (bicyclic) bond motifs is 2. The van der Waals surface area contributed by atoms with Gasteiger partial charge in [0.25, 0.3) is 0 Å². The van der Waals surface area contributed by atoms with Crippen molar-refractivity contribution in [3.05, 3.63) is 0 Å². The summed E-state index contributed by atoms with van der Waals surface area (Å²) in [7, 11) is -2.98. The van der Waals surface area contributed by atoms with Crippen LogP contribution in [0.3, 0.4) is 0 Å². The Kier molecular flexibility index (Phi) is 2.35. The van der Waals surface area contributed by atoms with Crippen molar-refractivity contribution in [3.8, 4) is 0 Å². The molecule has 3 fully saturated rings. The Morgan fingerprint density at radius 3 is 2.35 bits per heavy atom. The predicted octanol–water partition coefficient (Wildman–Crippen LogP) is 1.31. The molecule has 1 N–H and O–H groups in total. The van der Waals surface area contributed by atoms with E-state index in [0.717, 1.165) is 19.3 Å². The van der Waals surface area contributed by atoms with Crippen molar-refractivity contribution >= 4 is 15.8 Å². The first kappa shape index (κ1) is 11.5. The highest BCUT2D eigenvalue weighted by Gasteiger charge is 2.61. The van der Waals surface area contributed by atoms with Crippen molar-refractivity contribution in [3.63, 3.8) is 0 Å². The molecule has 1 heterocycles. The summed E-state index contributed by atoms with van der Waals surface area (Å²) in [6.07, 6.45) is 4.39. The SMILES string of the molecule is O=C(O)C1(C2CCS(=O)(=O)C2)CC2CCC1C2. The summed E-state index contributed by atoms with van der Waals surface area (Å²) in [6.45, 7) is 0. The number of hydrogen-bond acceptors (Lipinski definition) is 3. The zero-order valence-electron chi connectivity index (χ0n) is 9.76. The molecule has 2 aliphatic carbocycles. The zero-order valence-corrected chi connectivity index (χ0v) is 10.6. The normalized spacial score (nSPS) is 47.4. The standard InChI is InChI=1S/C12H18O4S/c13-11(14)12(6-8-1-2-9(12)5-8)10-3-4-17(15,16)7-10/h8-10H,1-7H2,(H,13,14). The number of hydrogen-bond donors (Lipinski definition) is 1. The summed E-state index contributed by atoms with van der Waals surface area (Å²) in [5, 5.41) is 9.62. The van der Waals surface area contributed by atoms with Gasteiger partial charge in [-0.2, -0.15) is 0 Å². The van der Waals surface area contributed by atoms with Crippen LogP contribution in [-0.4, -0.2) is 31.0 Å². The summed E-state index contributed by atoms with van der Waals surface area (Å²) in [4.78, 5) is 11.7. The minimum absolute atomic E-state index is 0.0997. The summed E-state index contributed by atoms with van der Waals surface area (Å²) >= 11 is 0. The fourth-order valence-electron chi connectivity index (χ4n) is 4.51. The van der Waals surface area contributed by atoms with Gasteiger partial charge in [-0.1, -0.05) is 6.42 Å². The number of carbonyl (C=O) groups is 1. The first-order chi connectivity index (χ1) is 7.94. The Bertz CT molecular complexity index is 455. The van der Waals surface area contributed by atoms with Crippen LogP contribution in [0.4, 0.5) is 0 Å². The van der Waals surface area contributed by atoms with Crippen molar-refractivity contribution < 1.29 is 18.3 Å². The quantitative estimate of drug-likeness (QED) is 0.810. The molecule has 17 heavy (non-hydrogen) atoms. The first-order valence-corrected chi connectivity index (χ1v) is 8.20. The van der Waals surface area contributed by atoms with Gasteiger partial charge in [-0.05, 0) is 43.4 Å². The van der Waals surface area contributed by atoms with E-state index in [9.17, 15) is 18.3 Å². The number of carboxylic acids is 1. The number of sulfone groups is 1. The highest BCUT2D eigenvalue weighted by molar-refractivity contribution is 7.91. The molecule has 3 rings (SSSR count). The molecule has 3 aliphatic rings. The third kappa shape index (κ3) is 1.54. The van der Waals surface area contributed by atoms with Crippen LogP contribution < -0.4 is 0 Å². The molecule has 2 saturated carbocycles. The van der Waals surface area contributed by atoms with E-state index >= 15 is 0 Å². The second-order valence-corrected chi connectivity index (χ2v) is 8.25. The van der Waals surface area contributed by atoms with Crippen molar-refractivity contribution in [2.45, 2.75) is 32.1 Å². The smallest absolute Gasteiger partial charge is 0.310 e. The topological polar surface area (TPSA) is 71.4 Å². The molecule has 1 aliphatic heterocycles. The maximum atomic E-state index is 11.7. The average Bonchev–Trinajstić information content (AvgIpc) is 2.90. The molecule has 4 nitrogen and oxygen atoms in total. The van der Waals surface area contributed by atoms with Crippen molar-refractivity contribution in [1.82, 2.24) is 0 Å². The molecule has 1 saturated heterocycles. The second-order valence-electron chi connectivity index (χ2n) is 6.03. The lowest BCUT2D eigenvalue weighted by molar-refractivity contribution is -0.156. The Labute approximate surface area is 101 Å². The Morgan fingerprint density at radius 1 is 1.18 bits per heavy atom. The van der Waals surface area contributed by atoms with E-state index in [2.05, 4.69) is 0 Å². The highest BCUT2D eigenvalue weighted by atomic mass is 32.2. The van der Waals surface area contributed by atoms with E-state index in [-0.39, 0.29) is 23.3 Å². The number of aliphatic carboxylic acids is 1. The molecule has 0 spiro atoms. The van der Waals surface area contributed by atoms with E-state index in [4.69, 9.17) is 0 Å². The average molecular weight is 258 g/mol. The number of carboxylic acid groups (broad SMARTS) is 1. The molecule has 4 unspecified atom stereocenters. The van der Waals surface area contributed by atoms with Crippen molar-refractivity contribution in [2.24, 2.45) is 23.2 Å². The zero-order chi connectivity index (χ0) is 12.3. The molecule has 96 valence electrons. The van der Waals surface area contributed by atoms with E-state index in [1.807, 2.05) is 0 Å². The molecule has 0 aromatic carbocycles. The summed E-state index contributed by atoms with van der Waals surface area (Å²) in [5.41, 5.74) is -0.716. The van der Waals surface area contributed by atoms with Gasteiger partial charge in [-0.25, -0.2) is 8.42 Å². The minimum atomic E-state index is -2.98. The summed E-state index contributed by atoms with van der Waals surface area (Å²) in [5.74, 6) is 0.155. The maximum Gasteiger partial charge on any atom is 0.310 e. The minimum Gasteiger partial charge on any atom is -0.481 e. The van der Waals surface area contributed by atoms with Gasteiger partial charge < -0.3 is 5.11 Å². The van der Waals surface area contributed by atoms with Gasteiger partial charge in [-0.3, -0.25) is 4.79 Å². The molecule has 0 aromatic rings. The third-order valence-corrected chi connectivity index (χ3v) is 7.02. The van der Waals surface area contributed by atoms with Crippen LogP contribution in [0.1, 0.15) is 32.1 Å².